The number of hydrogen-bond donors (Lipinski definition) is 1. The Kier molecular flexibility index (Phi) is 5.63. The lowest BCUT2D eigenvalue weighted by molar-refractivity contribution is -0.121. The van der Waals surface area contributed by atoms with Gasteiger partial charge in [-0.15, -0.1) is 0 Å². The Bertz CT molecular complexity index is 875. The van der Waals surface area contributed by atoms with E-state index >= 15 is 0 Å². The van der Waals surface area contributed by atoms with E-state index in [0.29, 0.717) is 29.8 Å². The number of amides is 1. The Morgan fingerprint density at radius 3 is 2.69 bits per heavy atom. The summed E-state index contributed by atoms with van der Waals surface area (Å²) >= 11 is 0. The van der Waals surface area contributed by atoms with Crippen molar-refractivity contribution in [2.75, 3.05) is 7.11 Å². The Morgan fingerprint density at radius 2 is 1.96 bits per heavy atom. The van der Waals surface area contributed by atoms with Crippen molar-refractivity contribution in [2.45, 2.75) is 19.4 Å². The molecule has 1 N–H and O–H groups in total. The second-order valence-electron chi connectivity index (χ2n) is 5.79. The number of nitrogens with zero attached hydrogens (tertiary/aromatic N) is 1. The van der Waals surface area contributed by atoms with Crippen LogP contribution in [0.15, 0.2) is 59.3 Å². The molecule has 0 atom stereocenters. The van der Waals surface area contributed by atoms with E-state index in [1.807, 2.05) is 24.3 Å². The molecule has 0 spiro atoms. The second-order valence-corrected chi connectivity index (χ2v) is 5.79. The Balaban J connectivity index is 1.55. The van der Waals surface area contributed by atoms with Crippen LogP contribution in [0.25, 0.3) is 11.3 Å². The number of carbonyl (C=O) groups is 1. The van der Waals surface area contributed by atoms with Gasteiger partial charge in [-0.2, -0.15) is 0 Å². The molecule has 6 heteroatoms. The average molecular weight is 354 g/mol. The second kappa shape index (κ2) is 8.29. The van der Waals surface area contributed by atoms with Crippen LogP contribution < -0.4 is 10.1 Å². The maximum absolute atomic E-state index is 13.9. The zero-order valence-electron chi connectivity index (χ0n) is 14.4. The number of methoxy groups -OCH3 is 1. The van der Waals surface area contributed by atoms with E-state index in [4.69, 9.17) is 9.26 Å². The fraction of sp³-hybridized carbons (Fsp3) is 0.200. The topological polar surface area (TPSA) is 64.4 Å². The minimum atomic E-state index is -0.369. The quantitative estimate of drug-likeness (QED) is 0.702. The Hall–Kier alpha value is -3.15. The van der Waals surface area contributed by atoms with Crippen LogP contribution in [-0.4, -0.2) is 18.2 Å². The van der Waals surface area contributed by atoms with Crippen LogP contribution in [0.4, 0.5) is 4.39 Å². The Labute approximate surface area is 150 Å². The van der Waals surface area contributed by atoms with E-state index in [-0.39, 0.29) is 18.1 Å². The number of rotatable bonds is 7. The fourth-order valence-electron chi connectivity index (χ4n) is 2.59. The van der Waals surface area contributed by atoms with Gasteiger partial charge < -0.3 is 14.6 Å². The largest absolute Gasteiger partial charge is 0.497 e. The number of benzene rings is 2. The predicted octanol–water partition coefficient (Wildman–Crippen LogP) is 3.74. The van der Waals surface area contributed by atoms with E-state index in [2.05, 4.69) is 10.5 Å². The molecule has 1 aromatic heterocycles. The average Bonchev–Trinajstić information content (AvgIpc) is 3.14. The lowest BCUT2D eigenvalue weighted by Crippen LogP contribution is -2.23. The van der Waals surface area contributed by atoms with Gasteiger partial charge in [-0.05, 0) is 36.2 Å². The van der Waals surface area contributed by atoms with Crippen LogP contribution in [-0.2, 0) is 17.8 Å². The van der Waals surface area contributed by atoms with Gasteiger partial charge in [-0.1, -0.05) is 29.4 Å². The molecule has 3 rings (SSSR count). The third kappa shape index (κ3) is 4.27. The van der Waals surface area contributed by atoms with E-state index in [9.17, 15) is 9.18 Å². The van der Waals surface area contributed by atoms with Gasteiger partial charge in [0.15, 0.2) is 0 Å². The van der Waals surface area contributed by atoms with Crippen LogP contribution in [0, 0.1) is 5.82 Å². The van der Waals surface area contributed by atoms with Gasteiger partial charge in [0, 0.05) is 24.1 Å². The summed E-state index contributed by atoms with van der Waals surface area (Å²) in [7, 11) is 1.61. The molecule has 0 aliphatic rings. The molecule has 2 aromatic carbocycles. The third-order valence-electron chi connectivity index (χ3n) is 4.04. The number of halogens is 1. The molecule has 0 fully saturated rings. The van der Waals surface area contributed by atoms with Crippen molar-refractivity contribution in [1.82, 2.24) is 10.5 Å². The highest BCUT2D eigenvalue weighted by molar-refractivity contribution is 5.76. The minimum Gasteiger partial charge on any atom is -0.497 e. The molecule has 0 radical (unpaired) electrons. The number of ether oxygens (including phenoxy) is 1. The SMILES string of the molecule is COc1ccc(CNC(=O)CCc2conc2-c2ccccc2F)cc1. The fourth-order valence-corrected chi connectivity index (χ4v) is 2.59. The highest BCUT2D eigenvalue weighted by Gasteiger charge is 2.15. The minimum absolute atomic E-state index is 0.0958. The lowest BCUT2D eigenvalue weighted by atomic mass is 10.0. The van der Waals surface area contributed by atoms with Crippen molar-refractivity contribution >= 4 is 5.91 Å². The van der Waals surface area contributed by atoms with Crippen LogP contribution in [0.3, 0.4) is 0 Å². The molecule has 0 bridgehead atoms. The molecule has 26 heavy (non-hydrogen) atoms. The number of aromatic nitrogens is 1. The molecule has 0 saturated heterocycles. The zero-order valence-corrected chi connectivity index (χ0v) is 14.4. The summed E-state index contributed by atoms with van der Waals surface area (Å²) < 4.78 is 24.0. The number of nitrogens with one attached hydrogen (secondary N) is 1. The van der Waals surface area contributed by atoms with Crippen molar-refractivity contribution in [2.24, 2.45) is 0 Å². The summed E-state index contributed by atoms with van der Waals surface area (Å²) in [5.41, 5.74) is 2.49. The third-order valence-corrected chi connectivity index (χ3v) is 4.04. The number of aryl methyl sites for hydroxylation is 1. The lowest BCUT2D eigenvalue weighted by Gasteiger charge is -2.07. The standard InChI is InChI=1S/C20H19FN2O3/c1-25-16-9-6-14(7-10-16)12-22-19(24)11-8-15-13-26-23-20(15)17-4-2-3-5-18(17)21/h2-7,9-10,13H,8,11-12H2,1H3,(H,22,24). The molecule has 1 amide bonds. The van der Waals surface area contributed by atoms with Gasteiger partial charge in [0.05, 0.1) is 7.11 Å². The van der Waals surface area contributed by atoms with Gasteiger partial charge in [0.1, 0.15) is 23.5 Å². The van der Waals surface area contributed by atoms with Crippen molar-refractivity contribution in [3.05, 3.63) is 71.7 Å². The molecule has 0 saturated carbocycles. The van der Waals surface area contributed by atoms with E-state index in [1.165, 1.54) is 12.3 Å². The van der Waals surface area contributed by atoms with E-state index in [1.54, 1.807) is 25.3 Å². The Morgan fingerprint density at radius 1 is 1.19 bits per heavy atom. The smallest absolute Gasteiger partial charge is 0.220 e. The molecule has 0 aliphatic carbocycles. The van der Waals surface area contributed by atoms with Crippen LogP contribution >= 0.6 is 0 Å². The van der Waals surface area contributed by atoms with Crippen LogP contribution in [0.1, 0.15) is 17.5 Å². The highest BCUT2D eigenvalue weighted by Crippen LogP contribution is 2.25. The molecule has 5 nitrogen and oxygen atoms in total. The first kappa shape index (κ1) is 17.7. The van der Waals surface area contributed by atoms with Gasteiger partial charge in [-0.3, -0.25) is 4.79 Å². The maximum atomic E-state index is 13.9. The first-order valence-electron chi connectivity index (χ1n) is 8.25. The number of hydrogen-bond acceptors (Lipinski definition) is 4. The summed E-state index contributed by atoms with van der Waals surface area (Å²) in [6.45, 7) is 0.437. The summed E-state index contributed by atoms with van der Waals surface area (Å²) in [4.78, 5) is 12.1. The normalized spacial score (nSPS) is 10.5. The first-order valence-corrected chi connectivity index (χ1v) is 8.25. The molecular formula is C20H19FN2O3. The molecule has 134 valence electrons. The van der Waals surface area contributed by atoms with Crippen LogP contribution in [0.2, 0.25) is 0 Å². The molecule has 3 aromatic rings. The monoisotopic (exact) mass is 354 g/mol. The maximum Gasteiger partial charge on any atom is 0.220 e. The molecule has 0 unspecified atom stereocenters. The summed E-state index contributed by atoms with van der Waals surface area (Å²) in [6, 6.07) is 13.9. The summed E-state index contributed by atoms with van der Waals surface area (Å²) in [6.07, 6.45) is 2.14. The predicted molar refractivity (Wildman–Crippen MR) is 95.1 cm³/mol. The summed E-state index contributed by atoms with van der Waals surface area (Å²) in [5.74, 6) is 0.307. The van der Waals surface area contributed by atoms with Gasteiger partial charge in [0.2, 0.25) is 5.91 Å². The van der Waals surface area contributed by atoms with Crippen molar-refractivity contribution in [1.29, 1.82) is 0 Å². The van der Waals surface area contributed by atoms with Gasteiger partial charge in [0.25, 0.3) is 0 Å². The van der Waals surface area contributed by atoms with E-state index < -0.39 is 0 Å². The van der Waals surface area contributed by atoms with Crippen LogP contribution in [0.5, 0.6) is 5.75 Å². The highest BCUT2D eigenvalue weighted by atomic mass is 19.1. The molecule has 0 aliphatic heterocycles. The molecular weight excluding hydrogens is 335 g/mol. The van der Waals surface area contributed by atoms with Gasteiger partial charge >= 0.3 is 0 Å². The number of carbonyl (C=O) groups excluding carboxylic acids is 1. The van der Waals surface area contributed by atoms with Crippen molar-refractivity contribution in [3.8, 4) is 17.0 Å². The molecule has 1 heterocycles. The van der Waals surface area contributed by atoms with E-state index in [0.717, 1.165) is 11.3 Å². The van der Waals surface area contributed by atoms with Crippen molar-refractivity contribution < 1.29 is 18.4 Å². The first-order chi connectivity index (χ1) is 12.7. The summed E-state index contributed by atoms with van der Waals surface area (Å²) in [5, 5.41) is 6.74. The van der Waals surface area contributed by atoms with Gasteiger partial charge in [-0.25, -0.2) is 4.39 Å². The zero-order chi connectivity index (χ0) is 18.4. The van der Waals surface area contributed by atoms with Crippen molar-refractivity contribution in [3.63, 3.8) is 0 Å².